The van der Waals surface area contributed by atoms with Gasteiger partial charge in [0.2, 0.25) is 0 Å². The first-order valence-electron chi connectivity index (χ1n) is 11.4. The highest BCUT2D eigenvalue weighted by atomic mass is 16.2. The number of hydrogen-bond acceptors (Lipinski definition) is 5. The predicted molar refractivity (Wildman–Crippen MR) is 122 cm³/mol. The van der Waals surface area contributed by atoms with Gasteiger partial charge in [0, 0.05) is 43.7 Å². The van der Waals surface area contributed by atoms with E-state index in [4.69, 9.17) is 4.98 Å². The number of benzene rings is 1. The van der Waals surface area contributed by atoms with Gasteiger partial charge in [-0.1, -0.05) is 18.2 Å². The predicted octanol–water partition coefficient (Wildman–Crippen LogP) is 3.59. The largest absolute Gasteiger partial charge is 0.339 e. The Labute approximate surface area is 187 Å². The number of piperidine rings is 1. The Morgan fingerprint density at radius 2 is 1.62 bits per heavy atom. The molecule has 0 atom stereocenters. The van der Waals surface area contributed by atoms with Crippen molar-refractivity contribution >= 4 is 22.7 Å². The number of aromatic nitrogens is 3. The van der Waals surface area contributed by atoms with Crippen LogP contribution in [0.3, 0.4) is 0 Å². The number of hydrogen-bond donors (Lipinski definition) is 0. The standard InChI is InChI=1S/C25H27N5O2/c1-17-15-27-22(16-26-17)25(32)30-12-8-18(9-13-30)23-20(24(31)29-10-4-5-11-29)14-19-6-2-3-7-21(19)28-23/h2-3,6-7,14-16,18H,4-5,8-13H2,1H3. The van der Waals surface area contributed by atoms with Gasteiger partial charge in [0.15, 0.2) is 0 Å². The summed E-state index contributed by atoms with van der Waals surface area (Å²) in [5, 5.41) is 0.990. The van der Waals surface area contributed by atoms with Gasteiger partial charge in [0.05, 0.1) is 28.7 Å². The number of pyridine rings is 1. The molecule has 3 aromatic rings. The minimum atomic E-state index is -0.0872. The van der Waals surface area contributed by atoms with Crippen molar-refractivity contribution in [1.82, 2.24) is 24.8 Å². The molecule has 5 rings (SSSR count). The van der Waals surface area contributed by atoms with Crippen molar-refractivity contribution in [2.45, 2.75) is 38.5 Å². The summed E-state index contributed by atoms with van der Waals surface area (Å²) in [5.41, 5.74) is 3.68. The second-order valence-corrected chi connectivity index (χ2v) is 8.72. The zero-order valence-electron chi connectivity index (χ0n) is 18.3. The lowest BCUT2D eigenvalue weighted by Gasteiger charge is -2.32. The van der Waals surface area contributed by atoms with Gasteiger partial charge in [-0.3, -0.25) is 19.6 Å². The third kappa shape index (κ3) is 3.95. The van der Waals surface area contributed by atoms with Gasteiger partial charge in [-0.25, -0.2) is 4.98 Å². The van der Waals surface area contributed by atoms with Crippen molar-refractivity contribution in [3.8, 4) is 0 Å². The summed E-state index contributed by atoms with van der Waals surface area (Å²) in [5.74, 6) is 0.147. The lowest BCUT2D eigenvalue weighted by atomic mass is 9.89. The van der Waals surface area contributed by atoms with Crippen LogP contribution in [0.2, 0.25) is 0 Å². The summed E-state index contributed by atoms with van der Waals surface area (Å²) >= 11 is 0. The molecular weight excluding hydrogens is 402 g/mol. The topological polar surface area (TPSA) is 79.3 Å². The van der Waals surface area contributed by atoms with Crippen molar-refractivity contribution in [3.63, 3.8) is 0 Å². The number of aryl methyl sites for hydroxylation is 1. The van der Waals surface area contributed by atoms with Gasteiger partial charge >= 0.3 is 0 Å². The molecule has 0 bridgehead atoms. The summed E-state index contributed by atoms with van der Waals surface area (Å²) in [7, 11) is 0. The molecule has 2 aliphatic rings. The van der Waals surface area contributed by atoms with E-state index in [1.807, 2.05) is 47.1 Å². The van der Waals surface area contributed by atoms with Gasteiger partial charge in [-0.05, 0) is 44.7 Å². The molecule has 0 saturated carbocycles. The number of carbonyl (C=O) groups is 2. The Bertz CT molecular complexity index is 1150. The maximum absolute atomic E-state index is 13.3. The van der Waals surface area contributed by atoms with E-state index in [-0.39, 0.29) is 17.7 Å². The number of likely N-dealkylation sites (tertiary alicyclic amines) is 2. The van der Waals surface area contributed by atoms with E-state index in [0.717, 1.165) is 66.6 Å². The van der Waals surface area contributed by atoms with Crippen LogP contribution in [0.15, 0.2) is 42.7 Å². The zero-order chi connectivity index (χ0) is 22.1. The first kappa shape index (κ1) is 20.5. The maximum Gasteiger partial charge on any atom is 0.274 e. The molecule has 4 heterocycles. The molecule has 1 aromatic carbocycles. The molecule has 0 aliphatic carbocycles. The van der Waals surface area contributed by atoms with Gasteiger partial charge in [-0.2, -0.15) is 0 Å². The molecule has 2 aliphatic heterocycles. The molecule has 0 radical (unpaired) electrons. The van der Waals surface area contributed by atoms with Crippen molar-refractivity contribution < 1.29 is 9.59 Å². The van der Waals surface area contributed by atoms with Crippen molar-refractivity contribution in [2.75, 3.05) is 26.2 Å². The van der Waals surface area contributed by atoms with E-state index in [1.165, 1.54) is 0 Å². The Hall–Kier alpha value is -3.35. The van der Waals surface area contributed by atoms with Crippen LogP contribution in [0, 0.1) is 6.92 Å². The van der Waals surface area contributed by atoms with Crippen LogP contribution in [0.1, 0.15) is 63.8 Å². The van der Waals surface area contributed by atoms with E-state index in [1.54, 1.807) is 12.4 Å². The monoisotopic (exact) mass is 429 g/mol. The van der Waals surface area contributed by atoms with E-state index in [9.17, 15) is 9.59 Å². The summed E-state index contributed by atoms with van der Waals surface area (Å²) in [4.78, 5) is 43.3. The van der Waals surface area contributed by atoms with Gasteiger partial charge in [0.1, 0.15) is 5.69 Å². The van der Waals surface area contributed by atoms with Gasteiger partial charge in [0.25, 0.3) is 11.8 Å². The molecule has 0 unspecified atom stereocenters. The lowest BCUT2D eigenvalue weighted by molar-refractivity contribution is 0.0701. The Morgan fingerprint density at radius 1 is 0.906 bits per heavy atom. The van der Waals surface area contributed by atoms with Crippen LogP contribution in [0.5, 0.6) is 0 Å². The highest BCUT2D eigenvalue weighted by molar-refractivity contribution is 5.99. The van der Waals surface area contributed by atoms with E-state index in [2.05, 4.69) is 9.97 Å². The first-order chi connectivity index (χ1) is 15.6. The van der Waals surface area contributed by atoms with Crippen LogP contribution < -0.4 is 0 Å². The lowest BCUT2D eigenvalue weighted by Crippen LogP contribution is -2.39. The number of fused-ring (bicyclic) bond motifs is 1. The highest BCUT2D eigenvalue weighted by Crippen LogP contribution is 2.32. The van der Waals surface area contributed by atoms with E-state index < -0.39 is 0 Å². The highest BCUT2D eigenvalue weighted by Gasteiger charge is 2.31. The molecule has 2 amide bonds. The summed E-state index contributed by atoms with van der Waals surface area (Å²) < 4.78 is 0. The second kappa shape index (κ2) is 8.65. The smallest absolute Gasteiger partial charge is 0.274 e. The minimum Gasteiger partial charge on any atom is -0.339 e. The zero-order valence-corrected chi connectivity index (χ0v) is 18.3. The molecular formula is C25H27N5O2. The van der Waals surface area contributed by atoms with Crippen LogP contribution >= 0.6 is 0 Å². The molecule has 7 nitrogen and oxygen atoms in total. The van der Waals surface area contributed by atoms with Crippen molar-refractivity contribution in [2.24, 2.45) is 0 Å². The molecule has 32 heavy (non-hydrogen) atoms. The third-order valence-electron chi connectivity index (χ3n) is 6.55. The second-order valence-electron chi connectivity index (χ2n) is 8.72. The van der Waals surface area contributed by atoms with E-state index >= 15 is 0 Å². The molecule has 164 valence electrons. The summed E-state index contributed by atoms with van der Waals surface area (Å²) in [6.45, 7) is 4.71. The molecule has 2 saturated heterocycles. The molecule has 2 aromatic heterocycles. The van der Waals surface area contributed by atoms with Gasteiger partial charge in [-0.15, -0.1) is 0 Å². The number of para-hydroxylation sites is 1. The number of amides is 2. The van der Waals surface area contributed by atoms with Crippen molar-refractivity contribution in [3.05, 3.63) is 65.4 Å². The maximum atomic E-state index is 13.3. The average molecular weight is 430 g/mol. The van der Waals surface area contributed by atoms with Crippen LogP contribution in [-0.4, -0.2) is 62.7 Å². The summed E-state index contributed by atoms with van der Waals surface area (Å²) in [6.07, 6.45) is 6.83. The molecule has 0 N–H and O–H groups in total. The molecule has 0 spiro atoms. The fourth-order valence-electron chi connectivity index (χ4n) is 4.72. The normalized spacial score (nSPS) is 17.2. The van der Waals surface area contributed by atoms with E-state index in [0.29, 0.717) is 18.8 Å². The number of rotatable bonds is 3. The van der Waals surface area contributed by atoms with Crippen molar-refractivity contribution in [1.29, 1.82) is 0 Å². The van der Waals surface area contributed by atoms with Crippen LogP contribution in [0.25, 0.3) is 10.9 Å². The fourth-order valence-corrected chi connectivity index (χ4v) is 4.72. The van der Waals surface area contributed by atoms with Crippen LogP contribution in [0.4, 0.5) is 0 Å². The Morgan fingerprint density at radius 3 is 2.34 bits per heavy atom. The van der Waals surface area contributed by atoms with Gasteiger partial charge < -0.3 is 9.80 Å². The first-order valence-corrected chi connectivity index (χ1v) is 11.4. The number of nitrogens with zero attached hydrogens (tertiary/aromatic N) is 5. The Kier molecular flexibility index (Phi) is 5.55. The molecule has 2 fully saturated rings. The Balaban J connectivity index is 1.39. The SMILES string of the molecule is Cc1cnc(C(=O)N2CCC(c3nc4ccccc4cc3C(=O)N3CCCC3)CC2)cn1. The van der Waals surface area contributed by atoms with Crippen LogP contribution in [-0.2, 0) is 0 Å². The molecule has 7 heteroatoms. The minimum absolute atomic E-state index is 0.0872. The third-order valence-corrected chi connectivity index (χ3v) is 6.55. The quantitative estimate of drug-likeness (QED) is 0.636. The summed E-state index contributed by atoms with van der Waals surface area (Å²) in [6, 6.07) is 9.98. The number of carbonyl (C=O) groups excluding carboxylic acids is 2. The average Bonchev–Trinajstić information content (AvgIpc) is 3.38. The fraction of sp³-hybridized carbons (Fsp3) is 0.400.